The first-order chi connectivity index (χ1) is 24.1. The van der Waals surface area contributed by atoms with Crippen molar-refractivity contribution in [3.05, 3.63) is 87.4 Å². The van der Waals surface area contributed by atoms with E-state index in [2.05, 4.69) is 5.32 Å². The number of rotatable bonds is 6. The predicted molar refractivity (Wildman–Crippen MR) is 181 cm³/mol. The van der Waals surface area contributed by atoms with Gasteiger partial charge in [0.1, 0.15) is 33.0 Å². The molecule has 1 aliphatic rings. The van der Waals surface area contributed by atoms with E-state index in [-0.39, 0.29) is 16.5 Å². The minimum Gasteiger partial charge on any atom is -0.443 e. The van der Waals surface area contributed by atoms with Gasteiger partial charge < -0.3 is 20.1 Å². The van der Waals surface area contributed by atoms with Crippen molar-refractivity contribution in [2.24, 2.45) is 5.92 Å². The second-order valence-electron chi connectivity index (χ2n) is 13.7. The van der Waals surface area contributed by atoms with Crippen LogP contribution in [-0.4, -0.2) is 39.5 Å². The van der Waals surface area contributed by atoms with Gasteiger partial charge in [-0.1, -0.05) is 17.7 Å². The molecule has 4 amide bonds. The highest BCUT2D eigenvalue weighted by Crippen LogP contribution is 2.65. The van der Waals surface area contributed by atoms with Crippen molar-refractivity contribution < 1.29 is 59.4 Å². The van der Waals surface area contributed by atoms with E-state index in [0.29, 0.717) is 24.3 Å². The molecule has 0 saturated heterocycles. The zero-order valence-electron chi connectivity index (χ0n) is 28.4. The van der Waals surface area contributed by atoms with Crippen LogP contribution in [0.15, 0.2) is 42.5 Å². The molecule has 2 N–H and O–H groups in total. The molecule has 0 aliphatic heterocycles. The number of nitrogens with one attached hydrogen (secondary N) is 2. The first-order valence-electron chi connectivity index (χ1n) is 15.2. The quantitative estimate of drug-likeness (QED) is 0.189. The lowest BCUT2D eigenvalue weighted by Crippen LogP contribution is -2.44. The highest BCUT2D eigenvalue weighted by Gasteiger charge is 2.67. The normalized spacial score (nSPS) is 16.8. The van der Waals surface area contributed by atoms with E-state index in [1.807, 2.05) is 5.32 Å². The first kappa shape index (κ1) is 41.5. The number of alkyl halides is 5. The van der Waals surface area contributed by atoms with Crippen LogP contribution in [0, 0.1) is 29.2 Å². The first-order valence-corrected chi connectivity index (χ1v) is 16.4. The van der Waals surface area contributed by atoms with Crippen LogP contribution in [0.2, 0.25) is 5.02 Å². The number of ether oxygens (including phenoxy) is 2. The minimum absolute atomic E-state index is 0.137. The van der Waals surface area contributed by atoms with Gasteiger partial charge in [-0.3, -0.25) is 9.59 Å². The Labute approximate surface area is 312 Å². The third-order valence-electron chi connectivity index (χ3n) is 7.21. The summed E-state index contributed by atoms with van der Waals surface area (Å²) < 4.78 is 107. The average Bonchev–Trinajstić information content (AvgIpc) is 3.56. The molecule has 1 saturated carbocycles. The number of hydrogen-bond acceptors (Lipinski definition) is 6. The Kier molecular flexibility index (Phi) is 11.4. The van der Waals surface area contributed by atoms with Crippen molar-refractivity contribution in [2.75, 3.05) is 15.5 Å². The lowest BCUT2D eigenvalue weighted by molar-refractivity contribution is -0.140. The standard InChI is InChI=1S/C34H29Cl3F7N3O6/c1-31(2,3)52-29(50)47(30(51)53-32(4,5)6)23-13-22(19(39)12-20(23)40)46-27(48)16-10-15(11-21(41)26(16)35)45-28(49)25-24(33(25,36)37)14-7-8-18(38)17(9-14)34(42,43)44/h7-13,24-25H,1-6H3,(H,45,49)(H,46,48)/t24-,25+/m0/s1. The molecule has 3 aromatic rings. The zero-order chi connectivity index (χ0) is 40.2. The van der Waals surface area contributed by atoms with Crippen LogP contribution in [0.5, 0.6) is 0 Å². The summed E-state index contributed by atoms with van der Waals surface area (Å²) in [6.45, 7) is 8.71. The SMILES string of the molecule is CC(C)(C)OC(=O)N(C(=O)OC(C)(C)C)c1cc(NC(=O)c2cc(NC(=O)[C@H]3[C@H](c4ccc(F)c(C(F)(F)F)c4)C3(Cl)Cl)cc(F)c2Cl)c(F)cc1F. The summed E-state index contributed by atoms with van der Waals surface area (Å²) in [4.78, 5) is 52.7. The number of carbonyl (C=O) groups is 4. The fourth-order valence-electron chi connectivity index (χ4n) is 4.95. The van der Waals surface area contributed by atoms with E-state index in [1.165, 1.54) is 41.5 Å². The van der Waals surface area contributed by atoms with Crippen LogP contribution >= 0.6 is 34.8 Å². The molecule has 0 bridgehead atoms. The highest BCUT2D eigenvalue weighted by molar-refractivity contribution is 6.53. The van der Waals surface area contributed by atoms with Gasteiger partial charge in [0, 0.05) is 17.7 Å². The van der Waals surface area contributed by atoms with Crippen molar-refractivity contribution in [1.29, 1.82) is 0 Å². The van der Waals surface area contributed by atoms with E-state index in [9.17, 15) is 41.1 Å². The highest BCUT2D eigenvalue weighted by atomic mass is 35.5. The van der Waals surface area contributed by atoms with Crippen LogP contribution in [0.4, 0.5) is 57.4 Å². The Hall–Kier alpha value is -4.28. The van der Waals surface area contributed by atoms with Crippen LogP contribution in [-0.2, 0) is 20.4 Å². The molecule has 19 heteroatoms. The van der Waals surface area contributed by atoms with Crippen molar-refractivity contribution >= 4 is 75.9 Å². The molecule has 9 nitrogen and oxygen atoms in total. The van der Waals surface area contributed by atoms with Crippen LogP contribution in [0.3, 0.4) is 0 Å². The van der Waals surface area contributed by atoms with Gasteiger partial charge in [-0.2, -0.15) is 18.1 Å². The maximum absolute atomic E-state index is 15.2. The average molecular weight is 815 g/mol. The molecule has 1 fully saturated rings. The molecule has 0 aromatic heterocycles. The van der Waals surface area contributed by atoms with Gasteiger partial charge in [0.05, 0.1) is 33.4 Å². The summed E-state index contributed by atoms with van der Waals surface area (Å²) in [7, 11) is 0. The Morgan fingerprint density at radius 3 is 1.85 bits per heavy atom. The van der Waals surface area contributed by atoms with E-state index < -0.39 is 114 Å². The van der Waals surface area contributed by atoms with Crippen molar-refractivity contribution in [1.82, 2.24) is 0 Å². The van der Waals surface area contributed by atoms with Crippen LogP contribution in [0.25, 0.3) is 0 Å². The molecular weight excluding hydrogens is 786 g/mol. The number of anilines is 3. The summed E-state index contributed by atoms with van der Waals surface area (Å²) in [6, 6.07) is 4.28. The van der Waals surface area contributed by atoms with Gasteiger partial charge in [0.15, 0.2) is 5.82 Å². The number of imide groups is 1. The molecule has 286 valence electrons. The lowest BCUT2D eigenvalue weighted by Gasteiger charge is -2.29. The fourth-order valence-corrected chi connectivity index (χ4v) is 5.97. The van der Waals surface area contributed by atoms with Gasteiger partial charge in [0.2, 0.25) is 5.91 Å². The minimum atomic E-state index is -5.07. The largest absolute Gasteiger partial charge is 0.443 e. The summed E-state index contributed by atoms with van der Waals surface area (Å²) in [5.41, 5.74) is -7.12. The second-order valence-corrected chi connectivity index (χ2v) is 15.5. The van der Waals surface area contributed by atoms with Gasteiger partial charge in [0.25, 0.3) is 5.91 Å². The molecule has 0 spiro atoms. The smallest absolute Gasteiger partial charge is 0.424 e. The molecule has 0 unspecified atom stereocenters. The third kappa shape index (κ3) is 9.45. The molecule has 2 atom stereocenters. The fraction of sp³-hybridized carbons (Fsp3) is 0.353. The summed E-state index contributed by atoms with van der Waals surface area (Å²) in [5.74, 6) is -10.8. The van der Waals surface area contributed by atoms with E-state index >= 15 is 8.78 Å². The van der Waals surface area contributed by atoms with Gasteiger partial charge in [-0.15, -0.1) is 23.2 Å². The monoisotopic (exact) mass is 813 g/mol. The Balaban J connectivity index is 1.63. The van der Waals surface area contributed by atoms with E-state index in [0.717, 1.165) is 12.1 Å². The number of carbonyl (C=O) groups excluding carboxylic acids is 4. The lowest BCUT2D eigenvalue weighted by atomic mass is 10.0. The van der Waals surface area contributed by atoms with Crippen molar-refractivity contribution in [3.8, 4) is 0 Å². The number of halogens is 10. The second kappa shape index (κ2) is 14.5. The van der Waals surface area contributed by atoms with Gasteiger partial charge in [-0.25, -0.2) is 27.2 Å². The number of hydrogen-bond donors (Lipinski definition) is 2. The Morgan fingerprint density at radius 2 is 1.32 bits per heavy atom. The third-order valence-corrected chi connectivity index (χ3v) is 8.53. The molecule has 53 heavy (non-hydrogen) atoms. The number of amides is 4. The number of nitrogens with zero attached hydrogens (tertiary/aromatic N) is 1. The van der Waals surface area contributed by atoms with Crippen LogP contribution < -0.4 is 15.5 Å². The zero-order valence-corrected chi connectivity index (χ0v) is 30.6. The molecule has 0 heterocycles. The van der Waals surface area contributed by atoms with E-state index in [4.69, 9.17) is 44.3 Å². The molecule has 1 aliphatic carbocycles. The van der Waals surface area contributed by atoms with Gasteiger partial charge in [-0.05, 0) is 77.4 Å². The van der Waals surface area contributed by atoms with Crippen molar-refractivity contribution in [3.63, 3.8) is 0 Å². The maximum Gasteiger partial charge on any atom is 0.424 e. The number of benzene rings is 3. The summed E-state index contributed by atoms with van der Waals surface area (Å²) in [5, 5.41) is 3.44. The Bertz CT molecular complexity index is 1970. The Morgan fingerprint density at radius 1 is 0.755 bits per heavy atom. The van der Waals surface area contributed by atoms with E-state index in [1.54, 1.807) is 0 Å². The van der Waals surface area contributed by atoms with Crippen molar-refractivity contribution in [2.45, 2.75) is 69.2 Å². The molecule has 4 rings (SSSR count). The molecule has 3 aromatic carbocycles. The molecule has 0 radical (unpaired) electrons. The summed E-state index contributed by atoms with van der Waals surface area (Å²) >= 11 is 18.4. The van der Waals surface area contributed by atoms with Crippen LogP contribution in [0.1, 0.15) is 68.9 Å². The summed E-state index contributed by atoms with van der Waals surface area (Å²) in [6.07, 6.45) is -7.90. The molecular formula is C34H29Cl3F7N3O6. The maximum atomic E-state index is 15.2. The van der Waals surface area contributed by atoms with Gasteiger partial charge >= 0.3 is 18.4 Å². The predicted octanol–water partition coefficient (Wildman–Crippen LogP) is 10.4. The topological polar surface area (TPSA) is 114 Å².